The molecule has 0 bridgehead atoms. The lowest BCUT2D eigenvalue weighted by molar-refractivity contribution is 0.102. The summed E-state index contributed by atoms with van der Waals surface area (Å²) in [6.07, 6.45) is 0. The molecule has 1 aliphatic rings. The van der Waals surface area contributed by atoms with Crippen LogP contribution in [0.4, 0.5) is 5.82 Å². The first-order chi connectivity index (χ1) is 12.2. The highest BCUT2D eigenvalue weighted by molar-refractivity contribution is 6.04. The van der Waals surface area contributed by atoms with Gasteiger partial charge in [0.05, 0.1) is 5.69 Å². The second-order valence-corrected chi connectivity index (χ2v) is 6.47. The number of hydrogen-bond donors (Lipinski definition) is 2. The van der Waals surface area contributed by atoms with Crippen LogP contribution in [-0.2, 0) is 19.6 Å². The van der Waals surface area contributed by atoms with Crippen molar-refractivity contribution in [2.75, 3.05) is 5.32 Å². The summed E-state index contributed by atoms with van der Waals surface area (Å²) >= 11 is 0. The molecular weight excluding hydrogens is 312 g/mol. The molecule has 2 N–H and O–H groups in total. The van der Waals surface area contributed by atoms with E-state index in [0.717, 1.165) is 36.5 Å². The van der Waals surface area contributed by atoms with Crippen molar-refractivity contribution in [2.45, 2.75) is 26.6 Å². The number of fused-ring (bicyclic) bond motifs is 1. The first-order valence-electron chi connectivity index (χ1n) is 8.39. The molecule has 3 aromatic rings. The number of nitrogens with zero attached hydrogens (tertiary/aromatic N) is 2. The fourth-order valence-electron chi connectivity index (χ4n) is 3.14. The molecule has 0 radical (unpaired) electrons. The standard InChI is InChI=1S/C20H20N4O/c1-14-7-9-16(10-8-14)20(25)21-19-17-12-24(13-18(17)22-23-19)11-15-5-3-2-4-6-15/h2-10H,11-13H2,1H3,(H2,21,22,23,25). The van der Waals surface area contributed by atoms with Gasteiger partial charge in [0.1, 0.15) is 5.82 Å². The van der Waals surface area contributed by atoms with E-state index in [0.29, 0.717) is 11.4 Å². The molecule has 2 aromatic carbocycles. The topological polar surface area (TPSA) is 61.0 Å². The minimum Gasteiger partial charge on any atom is -0.307 e. The summed E-state index contributed by atoms with van der Waals surface area (Å²) in [4.78, 5) is 14.7. The third-order valence-corrected chi connectivity index (χ3v) is 4.51. The number of rotatable bonds is 4. The Bertz CT molecular complexity index is 884. The van der Waals surface area contributed by atoms with Crippen LogP contribution in [0, 0.1) is 6.92 Å². The third kappa shape index (κ3) is 3.32. The normalized spacial score (nSPS) is 13.6. The Labute approximate surface area is 146 Å². The molecule has 25 heavy (non-hydrogen) atoms. The van der Waals surface area contributed by atoms with E-state index in [4.69, 9.17) is 0 Å². The van der Waals surface area contributed by atoms with Crippen LogP contribution in [0.15, 0.2) is 54.6 Å². The van der Waals surface area contributed by atoms with E-state index in [9.17, 15) is 4.79 Å². The van der Waals surface area contributed by atoms with Gasteiger partial charge in [0, 0.05) is 30.8 Å². The zero-order chi connectivity index (χ0) is 17.2. The number of carbonyl (C=O) groups is 1. The predicted molar refractivity (Wildman–Crippen MR) is 97.1 cm³/mol. The Balaban J connectivity index is 1.45. The molecule has 0 aliphatic carbocycles. The van der Waals surface area contributed by atoms with Gasteiger partial charge < -0.3 is 5.32 Å². The van der Waals surface area contributed by atoms with Gasteiger partial charge in [0.2, 0.25) is 0 Å². The van der Waals surface area contributed by atoms with Crippen LogP contribution in [-0.4, -0.2) is 21.0 Å². The molecule has 1 amide bonds. The van der Waals surface area contributed by atoms with Crippen molar-refractivity contribution in [3.63, 3.8) is 0 Å². The number of carbonyl (C=O) groups excluding carboxylic acids is 1. The zero-order valence-corrected chi connectivity index (χ0v) is 14.1. The predicted octanol–water partition coefficient (Wildman–Crippen LogP) is 3.49. The van der Waals surface area contributed by atoms with Crippen LogP contribution >= 0.6 is 0 Å². The summed E-state index contributed by atoms with van der Waals surface area (Å²) in [5.74, 6) is 0.587. The highest BCUT2D eigenvalue weighted by Crippen LogP contribution is 2.28. The molecule has 1 aromatic heterocycles. The van der Waals surface area contributed by atoms with Gasteiger partial charge in [-0.15, -0.1) is 0 Å². The Morgan fingerprint density at radius 2 is 1.88 bits per heavy atom. The van der Waals surface area contributed by atoms with Crippen molar-refractivity contribution in [3.05, 3.63) is 82.5 Å². The second kappa shape index (κ2) is 6.53. The van der Waals surface area contributed by atoms with E-state index in [1.165, 1.54) is 5.56 Å². The van der Waals surface area contributed by atoms with Crippen LogP contribution < -0.4 is 5.32 Å². The molecule has 0 spiro atoms. The Morgan fingerprint density at radius 1 is 1.12 bits per heavy atom. The van der Waals surface area contributed by atoms with Gasteiger partial charge in [-0.3, -0.25) is 14.8 Å². The van der Waals surface area contributed by atoms with Gasteiger partial charge in [-0.2, -0.15) is 5.10 Å². The first-order valence-corrected chi connectivity index (χ1v) is 8.39. The van der Waals surface area contributed by atoms with Gasteiger partial charge in [-0.25, -0.2) is 0 Å². The van der Waals surface area contributed by atoms with Gasteiger partial charge in [0.25, 0.3) is 5.91 Å². The number of nitrogens with one attached hydrogen (secondary N) is 2. The average Bonchev–Trinajstić information content (AvgIpc) is 3.18. The largest absolute Gasteiger partial charge is 0.307 e. The molecule has 0 saturated carbocycles. The molecule has 0 unspecified atom stereocenters. The van der Waals surface area contributed by atoms with Crippen LogP contribution in [0.25, 0.3) is 0 Å². The summed E-state index contributed by atoms with van der Waals surface area (Å²) in [7, 11) is 0. The van der Waals surface area contributed by atoms with Crippen molar-refractivity contribution in [3.8, 4) is 0 Å². The molecule has 0 atom stereocenters. The molecule has 126 valence electrons. The summed E-state index contributed by atoms with van der Waals surface area (Å²) < 4.78 is 0. The Morgan fingerprint density at radius 3 is 2.64 bits per heavy atom. The van der Waals surface area contributed by atoms with Crippen molar-refractivity contribution < 1.29 is 4.79 Å². The number of aryl methyl sites for hydroxylation is 1. The number of aromatic nitrogens is 2. The lowest BCUT2D eigenvalue weighted by Gasteiger charge is -2.15. The van der Waals surface area contributed by atoms with Gasteiger partial charge in [-0.05, 0) is 24.6 Å². The molecular formula is C20H20N4O. The van der Waals surface area contributed by atoms with Gasteiger partial charge in [0.15, 0.2) is 0 Å². The Hall–Kier alpha value is -2.92. The highest BCUT2D eigenvalue weighted by Gasteiger charge is 2.26. The highest BCUT2D eigenvalue weighted by atomic mass is 16.1. The lowest BCUT2D eigenvalue weighted by Crippen LogP contribution is -2.18. The molecule has 2 heterocycles. The Kier molecular flexibility index (Phi) is 4.07. The van der Waals surface area contributed by atoms with E-state index < -0.39 is 0 Å². The second-order valence-electron chi connectivity index (χ2n) is 6.47. The molecule has 4 rings (SSSR count). The van der Waals surface area contributed by atoms with Crippen molar-refractivity contribution in [1.29, 1.82) is 0 Å². The van der Waals surface area contributed by atoms with Crippen LogP contribution in [0.2, 0.25) is 0 Å². The SMILES string of the molecule is Cc1ccc(C(=O)Nc2[nH]nc3c2CN(Cc2ccccc2)C3)cc1. The summed E-state index contributed by atoms with van der Waals surface area (Å²) in [6.45, 7) is 4.46. The smallest absolute Gasteiger partial charge is 0.256 e. The summed E-state index contributed by atoms with van der Waals surface area (Å²) in [5, 5.41) is 10.3. The number of aromatic amines is 1. The van der Waals surface area contributed by atoms with Crippen molar-refractivity contribution in [2.24, 2.45) is 0 Å². The van der Waals surface area contributed by atoms with Crippen LogP contribution in [0.3, 0.4) is 0 Å². The van der Waals surface area contributed by atoms with Crippen LogP contribution in [0.5, 0.6) is 0 Å². The van der Waals surface area contributed by atoms with E-state index in [1.807, 2.05) is 37.3 Å². The maximum Gasteiger partial charge on any atom is 0.256 e. The monoisotopic (exact) mass is 332 g/mol. The van der Waals surface area contributed by atoms with Gasteiger partial charge >= 0.3 is 0 Å². The molecule has 1 aliphatic heterocycles. The number of benzene rings is 2. The fourth-order valence-corrected chi connectivity index (χ4v) is 3.14. The number of hydrogen-bond acceptors (Lipinski definition) is 3. The molecule has 5 heteroatoms. The summed E-state index contributed by atoms with van der Waals surface area (Å²) in [6, 6.07) is 17.9. The number of amides is 1. The van der Waals surface area contributed by atoms with Gasteiger partial charge in [-0.1, -0.05) is 48.0 Å². The van der Waals surface area contributed by atoms with E-state index in [-0.39, 0.29) is 5.91 Å². The zero-order valence-electron chi connectivity index (χ0n) is 14.1. The molecule has 5 nitrogen and oxygen atoms in total. The van der Waals surface area contributed by atoms with Crippen molar-refractivity contribution >= 4 is 11.7 Å². The van der Waals surface area contributed by atoms with Crippen molar-refractivity contribution in [1.82, 2.24) is 15.1 Å². The van der Waals surface area contributed by atoms with E-state index >= 15 is 0 Å². The quantitative estimate of drug-likeness (QED) is 0.769. The molecule has 0 fully saturated rings. The number of anilines is 1. The molecule has 0 saturated heterocycles. The van der Waals surface area contributed by atoms with E-state index in [1.54, 1.807) is 0 Å². The number of H-pyrrole nitrogens is 1. The lowest BCUT2D eigenvalue weighted by atomic mass is 10.1. The first kappa shape index (κ1) is 15.6. The maximum atomic E-state index is 12.4. The third-order valence-electron chi connectivity index (χ3n) is 4.51. The fraction of sp³-hybridized carbons (Fsp3) is 0.200. The summed E-state index contributed by atoms with van der Waals surface area (Å²) in [5.41, 5.74) is 5.15. The van der Waals surface area contributed by atoms with E-state index in [2.05, 4.69) is 44.7 Å². The maximum absolute atomic E-state index is 12.4. The minimum absolute atomic E-state index is 0.118. The minimum atomic E-state index is -0.118. The average molecular weight is 332 g/mol. The van der Waals surface area contributed by atoms with Crippen LogP contribution in [0.1, 0.15) is 32.7 Å².